The fourth-order valence-electron chi connectivity index (χ4n) is 2.69. The van der Waals surface area contributed by atoms with E-state index in [0.717, 1.165) is 16.3 Å². The van der Waals surface area contributed by atoms with Gasteiger partial charge in [0.2, 0.25) is 0 Å². The minimum Gasteiger partial charge on any atom is -0.306 e. The molecular formula is C18H11ClN2O. The summed E-state index contributed by atoms with van der Waals surface area (Å²) in [5, 5.41) is 3.11. The second kappa shape index (κ2) is 4.97. The molecule has 4 heteroatoms. The van der Waals surface area contributed by atoms with E-state index in [-0.39, 0.29) is 5.56 Å². The molecule has 0 bridgehead atoms. The van der Waals surface area contributed by atoms with Crippen molar-refractivity contribution < 1.29 is 0 Å². The maximum Gasteiger partial charge on any atom is 0.259 e. The number of aromatic amines is 1. The van der Waals surface area contributed by atoms with Crippen LogP contribution in [-0.4, -0.2) is 9.97 Å². The van der Waals surface area contributed by atoms with Gasteiger partial charge >= 0.3 is 0 Å². The molecule has 0 amide bonds. The van der Waals surface area contributed by atoms with Crippen LogP contribution >= 0.6 is 11.6 Å². The largest absolute Gasteiger partial charge is 0.306 e. The predicted molar refractivity (Wildman–Crippen MR) is 90.3 cm³/mol. The molecule has 0 aliphatic rings. The molecule has 0 saturated heterocycles. The van der Waals surface area contributed by atoms with Crippen molar-refractivity contribution in [2.45, 2.75) is 0 Å². The molecule has 22 heavy (non-hydrogen) atoms. The summed E-state index contributed by atoms with van der Waals surface area (Å²) in [4.78, 5) is 19.7. The van der Waals surface area contributed by atoms with Crippen LogP contribution in [0.15, 0.2) is 65.5 Å². The number of nitrogens with zero attached hydrogens (tertiary/aromatic N) is 1. The van der Waals surface area contributed by atoms with Crippen molar-refractivity contribution in [3.05, 3.63) is 76.0 Å². The Morgan fingerprint density at radius 2 is 1.59 bits per heavy atom. The first-order valence-electron chi connectivity index (χ1n) is 6.91. The molecule has 1 heterocycles. The van der Waals surface area contributed by atoms with E-state index in [1.165, 1.54) is 0 Å². The van der Waals surface area contributed by atoms with E-state index in [1.807, 2.05) is 42.5 Å². The number of aromatic nitrogens is 2. The van der Waals surface area contributed by atoms with Gasteiger partial charge in [-0.25, -0.2) is 4.98 Å². The molecule has 0 saturated carbocycles. The highest BCUT2D eigenvalue weighted by Gasteiger charge is 2.10. The summed E-state index contributed by atoms with van der Waals surface area (Å²) in [7, 11) is 0. The third kappa shape index (κ3) is 1.98. The predicted octanol–water partition coefficient (Wildman–Crippen LogP) is 4.40. The lowest BCUT2D eigenvalue weighted by atomic mass is 10.0. The van der Waals surface area contributed by atoms with Crippen molar-refractivity contribution in [1.29, 1.82) is 0 Å². The standard InChI is InChI=1S/C18H11ClN2O/c19-15-10-4-9-14-16(15)20-17(21-18(14)22)13-8-3-6-11-5-1-2-7-12(11)13/h1-10H,(H,20,21,22). The SMILES string of the molecule is O=c1[nH]c(-c2cccc3ccccc23)nc2c(Cl)cccc12. The average molecular weight is 307 g/mol. The topological polar surface area (TPSA) is 45.8 Å². The Labute approximate surface area is 131 Å². The van der Waals surface area contributed by atoms with Gasteiger partial charge in [0.25, 0.3) is 5.56 Å². The molecule has 0 atom stereocenters. The van der Waals surface area contributed by atoms with E-state index in [4.69, 9.17) is 11.6 Å². The highest BCUT2D eigenvalue weighted by molar-refractivity contribution is 6.35. The Morgan fingerprint density at radius 3 is 2.50 bits per heavy atom. The Balaban J connectivity index is 2.09. The Kier molecular flexibility index (Phi) is 2.94. The zero-order chi connectivity index (χ0) is 15.1. The number of H-pyrrole nitrogens is 1. The first-order chi connectivity index (χ1) is 10.7. The number of halogens is 1. The maximum absolute atomic E-state index is 12.3. The van der Waals surface area contributed by atoms with Gasteiger partial charge in [0.15, 0.2) is 0 Å². The molecule has 0 spiro atoms. The van der Waals surface area contributed by atoms with Crippen LogP contribution in [0.25, 0.3) is 33.1 Å². The summed E-state index contributed by atoms with van der Waals surface area (Å²) >= 11 is 6.19. The van der Waals surface area contributed by atoms with E-state index < -0.39 is 0 Å². The Hall–Kier alpha value is -2.65. The van der Waals surface area contributed by atoms with Gasteiger partial charge in [0, 0.05) is 5.56 Å². The van der Waals surface area contributed by atoms with Crippen molar-refractivity contribution in [2.24, 2.45) is 0 Å². The van der Waals surface area contributed by atoms with Gasteiger partial charge in [-0.3, -0.25) is 4.79 Å². The van der Waals surface area contributed by atoms with Crippen LogP contribution in [0, 0.1) is 0 Å². The van der Waals surface area contributed by atoms with Gasteiger partial charge in [-0.1, -0.05) is 60.1 Å². The molecule has 0 radical (unpaired) electrons. The monoisotopic (exact) mass is 306 g/mol. The van der Waals surface area contributed by atoms with Crippen molar-refractivity contribution in [2.75, 3.05) is 0 Å². The van der Waals surface area contributed by atoms with Crippen LogP contribution in [-0.2, 0) is 0 Å². The van der Waals surface area contributed by atoms with Crippen molar-refractivity contribution >= 4 is 33.3 Å². The average Bonchev–Trinajstić information content (AvgIpc) is 2.55. The molecule has 1 aromatic heterocycles. The van der Waals surface area contributed by atoms with Gasteiger partial charge in [0.05, 0.1) is 15.9 Å². The van der Waals surface area contributed by atoms with Gasteiger partial charge in [0.1, 0.15) is 5.82 Å². The number of hydrogen-bond donors (Lipinski definition) is 1. The second-order valence-electron chi connectivity index (χ2n) is 5.08. The summed E-state index contributed by atoms with van der Waals surface area (Å²) in [6, 6.07) is 19.1. The summed E-state index contributed by atoms with van der Waals surface area (Å²) in [6.07, 6.45) is 0. The van der Waals surface area contributed by atoms with Crippen LogP contribution in [0.1, 0.15) is 0 Å². The van der Waals surface area contributed by atoms with Crippen LogP contribution < -0.4 is 5.56 Å². The second-order valence-corrected chi connectivity index (χ2v) is 5.48. The molecule has 3 aromatic carbocycles. The van der Waals surface area contributed by atoms with Gasteiger partial charge in [-0.05, 0) is 22.9 Å². The van der Waals surface area contributed by atoms with Crippen LogP contribution in [0.3, 0.4) is 0 Å². The number of para-hydroxylation sites is 1. The summed E-state index contributed by atoms with van der Waals surface area (Å²) < 4.78 is 0. The molecule has 106 valence electrons. The lowest BCUT2D eigenvalue weighted by Gasteiger charge is -2.07. The lowest BCUT2D eigenvalue weighted by Crippen LogP contribution is -2.09. The molecule has 0 aliphatic carbocycles. The summed E-state index contributed by atoms with van der Waals surface area (Å²) in [6.45, 7) is 0. The molecule has 4 rings (SSSR count). The molecule has 0 aliphatic heterocycles. The van der Waals surface area contributed by atoms with Crippen LogP contribution in [0.2, 0.25) is 5.02 Å². The number of rotatable bonds is 1. The van der Waals surface area contributed by atoms with Gasteiger partial charge < -0.3 is 4.98 Å². The fraction of sp³-hybridized carbons (Fsp3) is 0. The fourth-order valence-corrected chi connectivity index (χ4v) is 2.90. The van der Waals surface area contributed by atoms with E-state index in [1.54, 1.807) is 18.2 Å². The van der Waals surface area contributed by atoms with Crippen molar-refractivity contribution in [3.8, 4) is 11.4 Å². The van der Waals surface area contributed by atoms with E-state index in [0.29, 0.717) is 21.7 Å². The highest BCUT2D eigenvalue weighted by atomic mass is 35.5. The number of benzene rings is 3. The summed E-state index contributed by atoms with van der Waals surface area (Å²) in [5.41, 5.74) is 1.23. The molecule has 4 aromatic rings. The molecule has 0 fully saturated rings. The highest BCUT2D eigenvalue weighted by Crippen LogP contribution is 2.27. The van der Waals surface area contributed by atoms with E-state index in [9.17, 15) is 4.79 Å². The molecular weight excluding hydrogens is 296 g/mol. The van der Waals surface area contributed by atoms with Gasteiger partial charge in [-0.15, -0.1) is 0 Å². The molecule has 1 N–H and O–H groups in total. The number of hydrogen-bond acceptors (Lipinski definition) is 2. The van der Waals surface area contributed by atoms with E-state index >= 15 is 0 Å². The third-order valence-electron chi connectivity index (χ3n) is 3.73. The molecule has 3 nitrogen and oxygen atoms in total. The maximum atomic E-state index is 12.3. The lowest BCUT2D eigenvalue weighted by molar-refractivity contribution is 1.18. The first kappa shape index (κ1) is 13.0. The smallest absolute Gasteiger partial charge is 0.259 e. The minimum atomic E-state index is -0.185. The Morgan fingerprint density at radius 1 is 0.864 bits per heavy atom. The Bertz CT molecular complexity index is 1060. The molecule has 0 unspecified atom stereocenters. The van der Waals surface area contributed by atoms with Crippen molar-refractivity contribution in [3.63, 3.8) is 0 Å². The zero-order valence-corrected chi connectivity index (χ0v) is 12.3. The minimum absolute atomic E-state index is 0.185. The normalized spacial score (nSPS) is 11.1. The first-order valence-corrected chi connectivity index (χ1v) is 7.28. The van der Waals surface area contributed by atoms with Crippen LogP contribution in [0.4, 0.5) is 0 Å². The number of fused-ring (bicyclic) bond motifs is 2. The van der Waals surface area contributed by atoms with E-state index in [2.05, 4.69) is 9.97 Å². The van der Waals surface area contributed by atoms with Crippen molar-refractivity contribution in [1.82, 2.24) is 9.97 Å². The number of nitrogens with one attached hydrogen (secondary N) is 1. The van der Waals surface area contributed by atoms with Gasteiger partial charge in [-0.2, -0.15) is 0 Å². The van der Waals surface area contributed by atoms with Crippen LogP contribution in [0.5, 0.6) is 0 Å². The quantitative estimate of drug-likeness (QED) is 0.566. The zero-order valence-electron chi connectivity index (χ0n) is 11.5. The third-order valence-corrected chi connectivity index (χ3v) is 4.04. The summed E-state index contributed by atoms with van der Waals surface area (Å²) in [5.74, 6) is 0.530.